The van der Waals surface area contributed by atoms with E-state index in [0.29, 0.717) is 19.4 Å². The molecule has 0 radical (unpaired) electrons. The number of esters is 1. The maximum atomic E-state index is 12.9. The molecule has 3 rings (SSSR count). The summed E-state index contributed by atoms with van der Waals surface area (Å²) in [6.07, 6.45) is -0.189. The van der Waals surface area contributed by atoms with E-state index >= 15 is 0 Å². The van der Waals surface area contributed by atoms with E-state index in [-0.39, 0.29) is 23.9 Å². The molecule has 1 amide bonds. The predicted molar refractivity (Wildman–Crippen MR) is 121 cm³/mol. The van der Waals surface area contributed by atoms with Gasteiger partial charge in [0.2, 0.25) is 10.0 Å². The number of amides is 1. The van der Waals surface area contributed by atoms with Crippen molar-refractivity contribution >= 4 is 21.9 Å². The van der Waals surface area contributed by atoms with Crippen LogP contribution in [0.2, 0.25) is 0 Å². The van der Waals surface area contributed by atoms with Crippen molar-refractivity contribution in [2.45, 2.75) is 51.2 Å². The van der Waals surface area contributed by atoms with Crippen LogP contribution in [0, 0.1) is 19.8 Å². The Hall–Kier alpha value is -2.71. The van der Waals surface area contributed by atoms with Crippen molar-refractivity contribution in [3.05, 3.63) is 65.2 Å². The van der Waals surface area contributed by atoms with Crippen LogP contribution in [-0.4, -0.2) is 43.8 Å². The zero-order valence-corrected chi connectivity index (χ0v) is 19.5. The fraction of sp³-hybridized carbons (Fsp3) is 0.417. The highest BCUT2D eigenvalue weighted by atomic mass is 32.2. The Morgan fingerprint density at radius 3 is 2.34 bits per heavy atom. The third-order valence-electron chi connectivity index (χ3n) is 5.88. The first-order valence-electron chi connectivity index (χ1n) is 10.8. The highest BCUT2D eigenvalue weighted by Gasteiger charge is 2.34. The lowest BCUT2D eigenvalue weighted by Crippen LogP contribution is -2.42. The number of hydrogen-bond acceptors (Lipinski definition) is 5. The van der Waals surface area contributed by atoms with Crippen molar-refractivity contribution < 1.29 is 22.7 Å². The molecule has 1 saturated heterocycles. The number of nitrogens with zero attached hydrogens (tertiary/aromatic N) is 1. The maximum Gasteiger partial charge on any atom is 0.309 e. The average Bonchev–Trinajstić information content (AvgIpc) is 2.79. The van der Waals surface area contributed by atoms with Crippen LogP contribution >= 0.6 is 0 Å². The number of carbonyl (C=O) groups is 2. The molecule has 0 aliphatic carbocycles. The van der Waals surface area contributed by atoms with Crippen molar-refractivity contribution in [1.29, 1.82) is 0 Å². The molecule has 0 saturated carbocycles. The Balaban J connectivity index is 1.50. The van der Waals surface area contributed by atoms with Crippen LogP contribution in [0.25, 0.3) is 0 Å². The molecule has 1 N–H and O–H groups in total. The van der Waals surface area contributed by atoms with E-state index in [0.717, 1.165) is 16.7 Å². The van der Waals surface area contributed by atoms with Gasteiger partial charge in [-0.2, -0.15) is 4.31 Å². The van der Waals surface area contributed by atoms with Gasteiger partial charge in [-0.3, -0.25) is 9.59 Å². The Morgan fingerprint density at radius 1 is 1.06 bits per heavy atom. The molecule has 0 spiro atoms. The highest BCUT2D eigenvalue weighted by Crippen LogP contribution is 2.26. The summed E-state index contributed by atoms with van der Waals surface area (Å²) in [6, 6.07) is 14.6. The highest BCUT2D eigenvalue weighted by molar-refractivity contribution is 7.89. The third kappa shape index (κ3) is 5.75. The normalized spacial score (nSPS) is 16.3. The standard InChI is InChI=1S/C24H30N2O5S/c1-17-9-10-22(15-18(17)2)32(29,30)26-13-11-21(12-14-26)24(28)31-19(3)23(27)25-16-20-7-5-4-6-8-20/h4-10,15,19,21H,11-14,16H2,1-3H3,(H,25,27)/t19-/m0/s1. The molecule has 2 aromatic carbocycles. The molecular weight excluding hydrogens is 428 g/mol. The van der Waals surface area contributed by atoms with Gasteiger partial charge in [0, 0.05) is 19.6 Å². The maximum absolute atomic E-state index is 12.9. The van der Waals surface area contributed by atoms with Gasteiger partial charge < -0.3 is 10.1 Å². The number of rotatable bonds is 7. The molecular formula is C24H30N2O5S. The summed E-state index contributed by atoms with van der Waals surface area (Å²) in [6.45, 7) is 6.20. The lowest BCUT2D eigenvalue weighted by Gasteiger charge is -2.30. The summed E-state index contributed by atoms with van der Waals surface area (Å²) in [4.78, 5) is 25.0. The number of piperidine rings is 1. The summed E-state index contributed by atoms with van der Waals surface area (Å²) in [5.74, 6) is -1.25. The lowest BCUT2D eigenvalue weighted by atomic mass is 9.98. The van der Waals surface area contributed by atoms with Crippen molar-refractivity contribution in [1.82, 2.24) is 9.62 Å². The minimum Gasteiger partial charge on any atom is -0.452 e. The number of benzene rings is 2. The van der Waals surface area contributed by atoms with E-state index < -0.39 is 28.0 Å². The number of aryl methyl sites for hydroxylation is 2. The Morgan fingerprint density at radius 2 is 1.72 bits per heavy atom. The first-order chi connectivity index (χ1) is 15.2. The number of sulfonamides is 1. The molecule has 1 aliphatic rings. The Labute approximate surface area is 189 Å². The van der Waals surface area contributed by atoms with Crippen LogP contribution in [0.5, 0.6) is 0 Å². The first kappa shape index (κ1) is 23.9. The minimum atomic E-state index is -3.60. The van der Waals surface area contributed by atoms with Gasteiger partial charge in [-0.05, 0) is 62.4 Å². The molecule has 32 heavy (non-hydrogen) atoms. The number of carbonyl (C=O) groups excluding carboxylic acids is 2. The third-order valence-corrected chi connectivity index (χ3v) is 7.77. The number of ether oxygens (including phenoxy) is 1. The Bertz CT molecular complexity index is 1060. The molecule has 172 valence electrons. The van der Waals surface area contributed by atoms with Crippen LogP contribution in [-0.2, 0) is 30.9 Å². The smallest absolute Gasteiger partial charge is 0.309 e. The molecule has 1 heterocycles. The van der Waals surface area contributed by atoms with Crippen LogP contribution in [0.1, 0.15) is 36.5 Å². The quantitative estimate of drug-likeness (QED) is 0.644. The summed E-state index contributed by atoms with van der Waals surface area (Å²) < 4.78 is 32.6. The molecule has 8 heteroatoms. The van der Waals surface area contributed by atoms with Gasteiger partial charge in [0.15, 0.2) is 6.10 Å². The zero-order chi connectivity index (χ0) is 23.3. The predicted octanol–water partition coefficient (Wildman–Crippen LogP) is 2.95. The first-order valence-corrected chi connectivity index (χ1v) is 12.2. The summed E-state index contributed by atoms with van der Waals surface area (Å²) in [7, 11) is -3.60. The molecule has 1 fully saturated rings. The fourth-order valence-corrected chi connectivity index (χ4v) is 5.16. The monoisotopic (exact) mass is 458 g/mol. The average molecular weight is 459 g/mol. The van der Waals surface area contributed by atoms with Crippen LogP contribution in [0.3, 0.4) is 0 Å². The number of hydrogen-bond donors (Lipinski definition) is 1. The van der Waals surface area contributed by atoms with Gasteiger partial charge in [0.1, 0.15) is 0 Å². The fourth-order valence-electron chi connectivity index (χ4n) is 3.61. The van der Waals surface area contributed by atoms with Gasteiger partial charge in [0.25, 0.3) is 5.91 Å². The van der Waals surface area contributed by atoms with Gasteiger partial charge >= 0.3 is 5.97 Å². The summed E-state index contributed by atoms with van der Waals surface area (Å²) in [5.41, 5.74) is 2.91. The van der Waals surface area contributed by atoms with Crippen LogP contribution in [0.15, 0.2) is 53.4 Å². The van der Waals surface area contributed by atoms with Crippen molar-refractivity contribution in [2.75, 3.05) is 13.1 Å². The molecule has 0 unspecified atom stereocenters. The van der Waals surface area contributed by atoms with E-state index in [2.05, 4.69) is 5.32 Å². The van der Waals surface area contributed by atoms with Crippen LogP contribution < -0.4 is 5.32 Å². The molecule has 7 nitrogen and oxygen atoms in total. The van der Waals surface area contributed by atoms with Crippen LogP contribution in [0.4, 0.5) is 0 Å². The SMILES string of the molecule is Cc1ccc(S(=O)(=O)N2CCC(C(=O)O[C@@H](C)C(=O)NCc3ccccc3)CC2)cc1C. The summed E-state index contributed by atoms with van der Waals surface area (Å²) >= 11 is 0. The topological polar surface area (TPSA) is 92.8 Å². The second-order valence-electron chi connectivity index (χ2n) is 8.21. The lowest BCUT2D eigenvalue weighted by molar-refractivity contribution is -0.159. The summed E-state index contributed by atoms with van der Waals surface area (Å²) in [5, 5.41) is 2.76. The Kier molecular flexibility index (Phi) is 7.69. The van der Waals surface area contributed by atoms with Gasteiger partial charge in [0.05, 0.1) is 10.8 Å². The van der Waals surface area contributed by atoms with E-state index in [4.69, 9.17) is 4.74 Å². The van der Waals surface area contributed by atoms with Crippen molar-refractivity contribution in [3.8, 4) is 0 Å². The second-order valence-corrected chi connectivity index (χ2v) is 10.1. The molecule has 2 aromatic rings. The molecule has 0 bridgehead atoms. The molecule has 0 aromatic heterocycles. The second kappa shape index (κ2) is 10.3. The molecule has 1 aliphatic heterocycles. The van der Waals surface area contributed by atoms with Crippen molar-refractivity contribution in [2.24, 2.45) is 5.92 Å². The van der Waals surface area contributed by atoms with Gasteiger partial charge in [-0.25, -0.2) is 8.42 Å². The zero-order valence-electron chi connectivity index (χ0n) is 18.7. The van der Waals surface area contributed by atoms with Gasteiger partial charge in [-0.1, -0.05) is 36.4 Å². The van der Waals surface area contributed by atoms with E-state index in [1.54, 1.807) is 18.2 Å². The largest absolute Gasteiger partial charge is 0.452 e. The van der Waals surface area contributed by atoms with Gasteiger partial charge in [-0.15, -0.1) is 0 Å². The van der Waals surface area contributed by atoms with Crippen molar-refractivity contribution in [3.63, 3.8) is 0 Å². The minimum absolute atomic E-state index is 0.240. The van der Waals surface area contributed by atoms with E-state index in [9.17, 15) is 18.0 Å². The van der Waals surface area contributed by atoms with E-state index in [1.807, 2.05) is 44.2 Å². The van der Waals surface area contributed by atoms with E-state index in [1.165, 1.54) is 11.2 Å². The molecule has 1 atom stereocenters. The number of nitrogens with one attached hydrogen (secondary N) is 1.